The van der Waals surface area contributed by atoms with Crippen LogP contribution in [0.4, 0.5) is 0 Å². The second kappa shape index (κ2) is 9.55. The van der Waals surface area contributed by atoms with Gasteiger partial charge in [0.05, 0.1) is 13.0 Å². The van der Waals surface area contributed by atoms with E-state index in [-0.39, 0.29) is 11.8 Å². The molecule has 0 radical (unpaired) electrons. The molecule has 1 aliphatic rings. The summed E-state index contributed by atoms with van der Waals surface area (Å²) in [5, 5.41) is 3.08. The Hall–Kier alpha value is -3.18. The van der Waals surface area contributed by atoms with E-state index in [1.165, 1.54) is 11.1 Å². The van der Waals surface area contributed by atoms with Crippen molar-refractivity contribution in [1.29, 1.82) is 0 Å². The Bertz CT molecular complexity index is 990. The smallest absolute Gasteiger partial charge is 0.224 e. The molecule has 30 heavy (non-hydrogen) atoms. The van der Waals surface area contributed by atoms with Crippen LogP contribution in [0.2, 0.25) is 0 Å². The third kappa shape index (κ3) is 5.05. The number of nitrogens with zero attached hydrogens (tertiary/aromatic N) is 2. The van der Waals surface area contributed by atoms with Crippen LogP contribution in [-0.2, 0) is 17.8 Å². The van der Waals surface area contributed by atoms with Gasteiger partial charge in [0, 0.05) is 38.6 Å². The van der Waals surface area contributed by atoms with Crippen LogP contribution in [0, 0.1) is 5.92 Å². The molecule has 1 fully saturated rings. The number of ether oxygens (including phenoxy) is 1. The molecule has 1 aliphatic heterocycles. The molecule has 1 aromatic heterocycles. The predicted molar refractivity (Wildman–Crippen MR) is 118 cm³/mol. The third-order valence-corrected chi connectivity index (χ3v) is 5.52. The number of carbonyl (C=O) groups excluding carboxylic acids is 1. The number of aromatic nitrogens is 1. The number of amides is 1. The van der Waals surface area contributed by atoms with E-state index in [1.54, 1.807) is 13.3 Å². The van der Waals surface area contributed by atoms with Crippen molar-refractivity contribution in [3.8, 4) is 16.9 Å². The number of methoxy groups -OCH3 is 1. The maximum atomic E-state index is 12.7. The molecule has 2 heterocycles. The Morgan fingerprint density at radius 1 is 1.07 bits per heavy atom. The van der Waals surface area contributed by atoms with Crippen LogP contribution >= 0.6 is 0 Å². The number of benzene rings is 2. The summed E-state index contributed by atoms with van der Waals surface area (Å²) in [5.74, 6) is 0.914. The van der Waals surface area contributed by atoms with E-state index in [1.807, 2.05) is 24.4 Å². The summed E-state index contributed by atoms with van der Waals surface area (Å²) in [7, 11) is 1.68. The maximum Gasteiger partial charge on any atom is 0.224 e. The van der Waals surface area contributed by atoms with Crippen molar-refractivity contribution in [3.63, 3.8) is 0 Å². The molecule has 1 amide bonds. The summed E-state index contributed by atoms with van der Waals surface area (Å²) in [5.41, 5.74) is 4.58. The summed E-state index contributed by atoms with van der Waals surface area (Å²) in [6.07, 6.45) is 4.36. The first-order chi connectivity index (χ1) is 14.7. The van der Waals surface area contributed by atoms with E-state index >= 15 is 0 Å². The topological polar surface area (TPSA) is 54.5 Å². The number of hydrogen-bond donors (Lipinski definition) is 1. The zero-order valence-electron chi connectivity index (χ0n) is 17.3. The van der Waals surface area contributed by atoms with Gasteiger partial charge < -0.3 is 10.1 Å². The molecule has 0 spiro atoms. The molecule has 4 rings (SSSR count). The van der Waals surface area contributed by atoms with Crippen molar-refractivity contribution in [3.05, 3.63) is 84.2 Å². The first-order valence-electron chi connectivity index (χ1n) is 10.3. The standard InChI is InChI=1S/C25H27N3O2/c1-30-24-9-3-6-20(15-24)17-28-12-11-27-25(29)23(18-28)14-19-5-2-7-21(13-19)22-8-4-10-26-16-22/h2-10,13,15-16,23H,11-12,14,17-18H2,1H3,(H,27,29)/t23-/m0/s1. The van der Waals surface area contributed by atoms with Crippen LogP contribution < -0.4 is 10.1 Å². The van der Waals surface area contributed by atoms with Gasteiger partial charge in [-0.2, -0.15) is 0 Å². The van der Waals surface area contributed by atoms with E-state index in [0.29, 0.717) is 13.0 Å². The molecule has 5 heteroatoms. The lowest BCUT2D eigenvalue weighted by atomic mass is 9.95. The molecule has 2 aromatic carbocycles. The lowest BCUT2D eigenvalue weighted by Gasteiger charge is -2.23. The molecular weight excluding hydrogens is 374 g/mol. The van der Waals surface area contributed by atoms with E-state index < -0.39 is 0 Å². The highest BCUT2D eigenvalue weighted by Crippen LogP contribution is 2.22. The second-order valence-corrected chi connectivity index (χ2v) is 7.72. The fraction of sp³-hybridized carbons (Fsp3) is 0.280. The van der Waals surface area contributed by atoms with Crippen molar-refractivity contribution in [2.24, 2.45) is 5.92 Å². The van der Waals surface area contributed by atoms with Crippen molar-refractivity contribution in [2.75, 3.05) is 26.7 Å². The largest absolute Gasteiger partial charge is 0.497 e. The quantitative estimate of drug-likeness (QED) is 0.686. The lowest BCUT2D eigenvalue weighted by molar-refractivity contribution is -0.124. The summed E-state index contributed by atoms with van der Waals surface area (Å²) in [6, 6.07) is 20.5. The van der Waals surface area contributed by atoms with Crippen molar-refractivity contribution >= 4 is 5.91 Å². The highest BCUT2D eigenvalue weighted by atomic mass is 16.5. The maximum absolute atomic E-state index is 12.7. The van der Waals surface area contributed by atoms with E-state index in [2.05, 4.69) is 57.7 Å². The average Bonchev–Trinajstić information content (AvgIpc) is 2.95. The van der Waals surface area contributed by atoms with Gasteiger partial charge in [0.25, 0.3) is 0 Å². The monoisotopic (exact) mass is 401 g/mol. The Morgan fingerprint density at radius 2 is 1.90 bits per heavy atom. The fourth-order valence-electron chi connectivity index (χ4n) is 3.99. The molecule has 1 saturated heterocycles. The third-order valence-electron chi connectivity index (χ3n) is 5.52. The Balaban J connectivity index is 1.48. The number of hydrogen-bond acceptors (Lipinski definition) is 4. The van der Waals surface area contributed by atoms with Crippen molar-refractivity contribution < 1.29 is 9.53 Å². The fourth-order valence-corrected chi connectivity index (χ4v) is 3.99. The second-order valence-electron chi connectivity index (χ2n) is 7.72. The molecule has 5 nitrogen and oxygen atoms in total. The van der Waals surface area contributed by atoms with Gasteiger partial charge in [-0.15, -0.1) is 0 Å². The highest BCUT2D eigenvalue weighted by Gasteiger charge is 2.25. The minimum absolute atomic E-state index is 0.0812. The summed E-state index contributed by atoms with van der Waals surface area (Å²) < 4.78 is 5.34. The van der Waals surface area contributed by atoms with Gasteiger partial charge in [0.1, 0.15) is 5.75 Å². The summed E-state index contributed by atoms with van der Waals surface area (Å²) in [6.45, 7) is 3.06. The molecule has 1 N–H and O–H groups in total. The Labute approximate surface area is 177 Å². The van der Waals surface area contributed by atoms with Crippen LogP contribution in [0.5, 0.6) is 5.75 Å². The van der Waals surface area contributed by atoms with Crippen LogP contribution in [0.1, 0.15) is 11.1 Å². The molecule has 1 atom stereocenters. The molecule has 0 unspecified atom stereocenters. The zero-order valence-corrected chi connectivity index (χ0v) is 17.3. The van der Waals surface area contributed by atoms with Gasteiger partial charge in [-0.05, 0) is 46.9 Å². The minimum atomic E-state index is -0.0812. The summed E-state index contributed by atoms with van der Waals surface area (Å²) >= 11 is 0. The molecule has 0 aliphatic carbocycles. The van der Waals surface area contributed by atoms with Gasteiger partial charge in [-0.1, -0.05) is 42.5 Å². The number of pyridine rings is 1. The SMILES string of the molecule is COc1cccc(CN2CCNC(=O)[C@@H](Cc3cccc(-c4cccnc4)c3)C2)c1. The highest BCUT2D eigenvalue weighted by molar-refractivity contribution is 5.79. The predicted octanol–water partition coefficient (Wildman–Crippen LogP) is 3.55. The lowest BCUT2D eigenvalue weighted by Crippen LogP contribution is -2.33. The minimum Gasteiger partial charge on any atom is -0.497 e. The summed E-state index contributed by atoms with van der Waals surface area (Å²) in [4.78, 5) is 19.3. The van der Waals surface area contributed by atoms with Crippen LogP contribution in [0.3, 0.4) is 0 Å². The first-order valence-corrected chi connectivity index (χ1v) is 10.3. The van der Waals surface area contributed by atoms with E-state index in [9.17, 15) is 4.79 Å². The average molecular weight is 402 g/mol. The first kappa shape index (κ1) is 20.1. The van der Waals surface area contributed by atoms with Crippen molar-refractivity contribution in [1.82, 2.24) is 15.2 Å². The molecule has 154 valence electrons. The van der Waals surface area contributed by atoms with Crippen LogP contribution in [-0.4, -0.2) is 42.5 Å². The van der Waals surface area contributed by atoms with Gasteiger partial charge in [0.2, 0.25) is 5.91 Å². The molecule has 0 saturated carbocycles. The van der Waals surface area contributed by atoms with E-state index in [4.69, 9.17) is 4.74 Å². The van der Waals surface area contributed by atoms with Gasteiger partial charge >= 0.3 is 0 Å². The number of rotatable bonds is 6. The number of carbonyl (C=O) groups is 1. The van der Waals surface area contributed by atoms with Gasteiger partial charge in [0.15, 0.2) is 0 Å². The van der Waals surface area contributed by atoms with Crippen LogP contribution in [0.25, 0.3) is 11.1 Å². The van der Waals surface area contributed by atoms with Gasteiger partial charge in [-0.25, -0.2) is 0 Å². The Kier molecular flexibility index (Phi) is 6.40. The molecule has 3 aromatic rings. The Morgan fingerprint density at radius 3 is 2.73 bits per heavy atom. The van der Waals surface area contributed by atoms with Gasteiger partial charge in [-0.3, -0.25) is 14.7 Å². The number of nitrogens with one attached hydrogen (secondary N) is 1. The van der Waals surface area contributed by atoms with Crippen LogP contribution in [0.15, 0.2) is 73.1 Å². The van der Waals surface area contributed by atoms with E-state index in [0.717, 1.165) is 36.5 Å². The zero-order chi connectivity index (χ0) is 20.8. The molecular formula is C25H27N3O2. The normalized spacial score (nSPS) is 17.2. The molecule has 0 bridgehead atoms. The van der Waals surface area contributed by atoms with Crippen molar-refractivity contribution in [2.45, 2.75) is 13.0 Å².